The molecule has 3 aromatic rings. The summed E-state index contributed by atoms with van der Waals surface area (Å²) in [6, 6.07) is 10.1. The number of fused-ring (bicyclic) bond motifs is 1. The second kappa shape index (κ2) is 10.6. The van der Waals surface area contributed by atoms with Crippen molar-refractivity contribution in [1.29, 1.82) is 0 Å². The Morgan fingerprint density at radius 3 is 2.41 bits per heavy atom. The molecule has 2 aromatic heterocycles. The highest BCUT2D eigenvalue weighted by atomic mass is 32.2. The molecular weight excluding hydrogens is 452 g/mol. The number of pyridine rings is 1. The van der Waals surface area contributed by atoms with Gasteiger partial charge in [0, 0.05) is 54.2 Å². The molecule has 2 heterocycles. The number of hydrogen-bond donors (Lipinski definition) is 1. The standard InChI is InChI=1S/C25H34N4O4S/c1-6-28(7-2)34(32,33)22-9-11-24(30)27(16-22)17-25(31)29(19(5)14-18(3)4)21-8-10-23-20(15-21)12-13-26-23/h8-13,15-16,18-19,26H,6-7,14,17H2,1-5H3. The maximum absolute atomic E-state index is 13.6. The van der Waals surface area contributed by atoms with Gasteiger partial charge in [0.2, 0.25) is 15.9 Å². The first-order valence-corrected chi connectivity index (χ1v) is 13.1. The van der Waals surface area contributed by atoms with Crippen molar-refractivity contribution in [2.45, 2.75) is 58.5 Å². The molecule has 1 N–H and O–H groups in total. The van der Waals surface area contributed by atoms with Gasteiger partial charge in [-0.3, -0.25) is 9.59 Å². The Balaban J connectivity index is 1.98. The molecule has 0 saturated heterocycles. The molecule has 9 heteroatoms. The number of carbonyl (C=O) groups excluding carboxylic acids is 1. The lowest BCUT2D eigenvalue weighted by atomic mass is 10.0. The predicted octanol–water partition coefficient (Wildman–Crippen LogP) is 3.83. The van der Waals surface area contributed by atoms with Crippen LogP contribution in [0, 0.1) is 5.92 Å². The summed E-state index contributed by atoms with van der Waals surface area (Å²) in [7, 11) is -3.75. The fourth-order valence-corrected chi connectivity index (χ4v) is 5.82. The lowest BCUT2D eigenvalue weighted by Crippen LogP contribution is -2.43. The van der Waals surface area contributed by atoms with E-state index in [1.807, 2.05) is 37.4 Å². The van der Waals surface area contributed by atoms with Crippen LogP contribution in [0.5, 0.6) is 0 Å². The minimum absolute atomic E-state index is 0.000814. The molecule has 8 nitrogen and oxygen atoms in total. The number of anilines is 1. The zero-order chi connectivity index (χ0) is 25.0. The van der Waals surface area contributed by atoms with E-state index in [1.54, 1.807) is 18.7 Å². The first-order chi connectivity index (χ1) is 16.1. The van der Waals surface area contributed by atoms with Crippen LogP contribution in [0.4, 0.5) is 5.69 Å². The summed E-state index contributed by atoms with van der Waals surface area (Å²) >= 11 is 0. The number of nitrogens with one attached hydrogen (secondary N) is 1. The van der Waals surface area contributed by atoms with Crippen molar-refractivity contribution in [2.75, 3.05) is 18.0 Å². The molecule has 34 heavy (non-hydrogen) atoms. The number of aromatic nitrogens is 2. The quantitative estimate of drug-likeness (QED) is 0.471. The van der Waals surface area contributed by atoms with Crippen molar-refractivity contribution in [2.24, 2.45) is 5.92 Å². The zero-order valence-corrected chi connectivity index (χ0v) is 21.3. The van der Waals surface area contributed by atoms with Crippen molar-refractivity contribution in [3.63, 3.8) is 0 Å². The highest BCUT2D eigenvalue weighted by Gasteiger charge is 2.26. The summed E-state index contributed by atoms with van der Waals surface area (Å²) in [6.07, 6.45) is 3.90. The highest BCUT2D eigenvalue weighted by Crippen LogP contribution is 2.26. The molecule has 1 atom stereocenters. The van der Waals surface area contributed by atoms with Crippen LogP contribution in [0.3, 0.4) is 0 Å². The number of H-pyrrole nitrogens is 1. The van der Waals surface area contributed by atoms with E-state index in [0.29, 0.717) is 19.0 Å². The summed E-state index contributed by atoms with van der Waals surface area (Å²) < 4.78 is 28.4. The number of aromatic amines is 1. The summed E-state index contributed by atoms with van der Waals surface area (Å²) in [6.45, 7) is 10.1. The van der Waals surface area contributed by atoms with E-state index in [2.05, 4.69) is 18.8 Å². The Hall–Kier alpha value is -2.91. The van der Waals surface area contributed by atoms with Crippen molar-refractivity contribution in [1.82, 2.24) is 13.9 Å². The van der Waals surface area contributed by atoms with Gasteiger partial charge in [0.1, 0.15) is 6.54 Å². The zero-order valence-electron chi connectivity index (χ0n) is 20.5. The lowest BCUT2D eigenvalue weighted by Gasteiger charge is -2.31. The maximum atomic E-state index is 13.6. The SMILES string of the molecule is CCN(CC)S(=O)(=O)c1ccc(=O)n(CC(=O)N(c2ccc3[nH]ccc3c2)C(C)CC(C)C)c1. The smallest absolute Gasteiger partial charge is 0.251 e. The topological polar surface area (TPSA) is 95.5 Å². The van der Waals surface area contributed by atoms with Gasteiger partial charge >= 0.3 is 0 Å². The Labute approximate surface area is 201 Å². The fourth-order valence-electron chi connectivity index (χ4n) is 4.34. The molecular formula is C25H34N4O4S. The van der Waals surface area contributed by atoms with E-state index in [9.17, 15) is 18.0 Å². The number of rotatable bonds is 10. The van der Waals surface area contributed by atoms with E-state index in [4.69, 9.17) is 0 Å². The van der Waals surface area contributed by atoms with Crippen LogP contribution in [-0.4, -0.2) is 47.3 Å². The van der Waals surface area contributed by atoms with Crippen molar-refractivity contribution < 1.29 is 13.2 Å². The van der Waals surface area contributed by atoms with Gasteiger partial charge in [-0.05, 0) is 49.6 Å². The van der Waals surface area contributed by atoms with Gasteiger partial charge in [0.25, 0.3) is 5.56 Å². The number of nitrogens with zero attached hydrogens (tertiary/aromatic N) is 3. The number of sulfonamides is 1. The lowest BCUT2D eigenvalue weighted by molar-refractivity contribution is -0.119. The second-order valence-corrected chi connectivity index (χ2v) is 10.8. The monoisotopic (exact) mass is 486 g/mol. The van der Waals surface area contributed by atoms with Crippen LogP contribution >= 0.6 is 0 Å². The Morgan fingerprint density at radius 2 is 1.76 bits per heavy atom. The summed E-state index contributed by atoms with van der Waals surface area (Å²) in [5, 5.41) is 0.983. The molecule has 0 saturated carbocycles. The van der Waals surface area contributed by atoms with Crippen molar-refractivity contribution >= 4 is 32.5 Å². The molecule has 184 valence electrons. The second-order valence-electron chi connectivity index (χ2n) is 8.91. The van der Waals surface area contributed by atoms with E-state index >= 15 is 0 Å². The summed E-state index contributed by atoms with van der Waals surface area (Å²) in [4.78, 5) is 31.0. The molecule has 0 aliphatic heterocycles. The molecule has 0 aliphatic rings. The van der Waals surface area contributed by atoms with Crippen LogP contribution in [0.2, 0.25) is 0 Å². The molecule has 1 unspecified atom stereocenters. The minimum Gasteiger partial charge on any atom is -0.361 e. The molecule has 3 rings (SSSR count). The normalized spacial score (nSPS) is 13.0. The van der Waals surface area contributed by atoms with E-state index in [-0.39, 0.29) is 23.4 Å². The Morgan fingerprint density at radius 1 is 1.06 bits per heavy atom. The van der Waals surface area contributed by atoms with Crippen molar-refractivity contribution in [3.8, 4) is 0 Å². The van der Waals surface area contributed by atoms with Crippen LogP contribution in [0.1, 0.15) is 41.0 Å². The largest absolute Gasteiger partial charge is 0.361 e. The number of benzene rings is 1. The summed E-state index contributed by atoms with van der Waals surface area (Å²) in [5.74, 6) is 0.0917. The van der Waals surface area contributed by atoms with Crippen LogP contribution < -0.4 is 10.5 Å². The van der Waals surface area contributed by atoms with Crippen LogP contribution in [0.15, 0.2) is 58.5 Å². The highest BCUT2D eigenvalue weighted by molar-refractivity contribution is 7.89. The third-order valence-corrected chi connectivity index (χ3v) is 7.98. The van der Waals surface area contributed by atoms with Gasteiger partial charge < -0.3 is 14.5 Å². The van der Waals surface area contributed by atoms with Crippen molar-refractivity contribution in [3.05, 3.63) is 59.1 Å². The third-order valence-electron chi connectivity index (χ3n) is 5.94. The van der Waals surface area contributed by atoms with Gasteiger partial charge in [-0.1, -0.05) is 27.7 Å². The molecule has 0 radical (unpaired) electrons. The predicted molar refractivity (Wildman–Crippen MR) is 136 cm³/mol. The van der Waals surface area contributed by atoms with Gasteiger partial charge in [0.05, 0.1) is 4.90 Å². The van der Waals surface area contributed by atoms with Crippen LogP contribution in [-0.2, 0) is 21.4 Å². The molecule has 0 fully saturated rings. The minimum atomic E-state index is -3.75. The van der Waals surface area contributed by atoms with E-state index in [0.717, 1.165) is 23.0 Å². The van der Waals surface area contributed by atoms with E-state index in [1.165, 1.54) is 27.2 Å². The molecule has 1 aromatic carbocycles. The molecule has 0 spiro atoms. The first kappa shape index (κ1) is 25.7. The van der Waals surface area contributed by atoms with Gasteiger partial charge in [0.15, 0.2) is 0 Å². The van der Waals surface area contributed by atoms with Gasteiger partial charge in [-0.15, -0.1) is 0 Å². The van der Waals surface area contributed by atoms with Crippen LogP contribution in [0.25, 0.3) is 10.9 Å². The van der Waals surface area contributed by atoms with Gasteiger partial charge in [-0.2, -0.15) is 4.31 Å². The number of hydrogen-bond acceptors (Lipinski definition) is 4. The average Bonchev–Trinajstić information content (AvgIpc) is 3.23. The maximum Gasteiger partial charge on any atom is 0.251 e. The first-order valence-electron chi connectivity index (χ1n) is 11.7. The van der Waals surface area contributed by atoms with E-state index < -0.39 is 15.6 Å². The Kier molecular flexibility index (Phi) is 7.99. The van der Waals surface area contributed by atoms with Gasteiger partial charge in [-0.25, -0.2) is 8.42 Å². The average molecular weight is 487 g/mol. The fraction of sp³-hybridized carbons (Fsp3) is 0.440. The Bertz CT molecular complexity index is 1310. The number of carbonyl (C=O) groups is 1. The third kappa shape index (κ3) is 5.42. The summed E-state index contributed by atoms with van der Waals surface area (Å²) in [5.41, 5.74) is 1.29. The molecule has 0 aliphatic carbocycles. The molecule has 0 bridgehead atoms. The molecule has 1 amide bonds. The number of amides is 1.